The molecule has 1 aromatic carbocycles. The maximum atomic E-state index is 12.5. The average Bonchev–Trinajstić information content (AvgIpc) is 2.96. The fraction of sp³-hybridized carbons (Fsp3) is 0.214. The number of nitrogens with zero attached hydrogens (tertiary/aromatic N) is 2. The molecule has 1 aliphatic rings. The van der Waals surface area contributed by atoms with Gasteiger partial charge in [0.1, 0.15) is 5.75 Å². The molecular weight excluding hydrogens is 520 g/mol. The van der Waals surface area contributed by atoms with E-state index in [2.05, 4.69) is 20.6 Å². The molecule has 0 unspecified atom stereocenters. The molecular formula is C28H28N4O4S2. The number of carbonyl (C=O) groups excluding carboxylic acids is 2. The van der Waals surface area contributed by atoms with Crippen LogP contribution in [0.15, 0.2) is 95.3 Å². The highest BCUT2D eigenvalue weighted by atomic mass is 32.2. The van der Waals surface area contributed by atoms with Crippen LogP contribution in [0.4, 0.5) is 5.69 Å². The van der Waals surface area contributed by atoms with Crippen LogP contribution in [0.25, 0.3) is 5.57 Å². The lowest BCUT2D eigenvalue weighted by atomic mass is 9.94. The molecule has 0 fully saturated rings. The first-order valence-electron chi connectivity index (χ1n) is 11.8. The van der Waals surface area contributed by atoms with E-state index in [1.54, 1.807) is 39.0 Å². The van der Waals surface area contributed by atoms with E-state index in [-0.39, 0.29) is 29.7 Å². The number of hydrogen-bond donors (Lipinski definition) is 2. The highest BCUT2D eigenvalue weighted by Gasteiger charge is 2.23. The van der Waals surface area contributed by atoms with Crippen molar-refractivity contribution in [3.63, 3.8) is 0 Å². The molecule has 0 saturated heterocycles. The van der Waals surface area contributed by atoms with E-state index in [1.807, 2.05) is 60.7 Å². The summed E-state index contributed by atoms with van der Waals surface area (Å²) in [6.45, 7) is 0. The predicted molar refractivity (Wildman–Crippen MR) is 151 cm³/mol. The maximum absolute atomic E-state index is 12.5. The molecule has 3 aromatic rings. The molecule has 2 heterocycles. The minimum Gasteiger partial charge on any atom is -0.495 e. The van der Waals surface area contributed by atoms with Gasteiger partial charge in [-0.3, -0.25) is 19.6 Å². The Kier molecular flexibility index (Phi) is 9.97. The third-order valence-electron chi connectivity index (χ3n) is 5.63. The number of pyridine rings is 2. The Morgan fingerprint density at radius 1 is 0.895 bits per heavy atom. The molecule has 4 rings (SSSR count). The number of methoxy groups -OCH3 is 2. The summed E-state index contributed by atoms with van der Waals surface area (Å²) < 4.78 is 11.2. The number of carbonyl (C=O) groups is 2. The van der Waals surface area contributed by atoms with E-state index in [0.717, 1.165) is 20.9 Å². The van der Waals surface area contributed by atoms with Gasteiger partial charge in [0.15, 0.2) is 0 Å². The van der Waals surface area contributed by atoms with Crippen molar-refractivity contribution in [1.82, 2.24) is 15.3 Å². The lowest BCUT2D eigenvalue weighted by Crippen LogP contribution is -2.43. The second kappa shape index (κ2) is 13.8. The Morgan fingerprint density at radius 3 is 2.13 bits per heavy atom. The van der Waals surface area contributed by atoms with Gasteiger partial charge in [-0.1, -0.05) is 18.2 Å². The van der Waals surface area contributed by atoms with Gasteiger partial charge < -0.3 is 20.1 Å². The Hall–Kier alpha value is -3.60. The molecule has 0 bridgehead atoms. The topological polar surface area (TPSA) is 102 Å². The molecule has 1 aliphatic carbocycles. The summed E-state index contributed by atoms with van der Waals surface area (Å²) in [5.41, 5.74) is 2.43. The van der Waals surface area contributed by atoms with Gasteiger partial charge >= 0.3 is 0 Å². The van der Waals surface area contributed by atoms with Crippen LogP contribution in [0.5, 0.6) is 5.75 Å². The third kappa shape index (κ3) is 7.70. The second-order valence-corrected chi connectivity index (χ2v) is 10.3. The number of anilines is 1. The van der Waals surface area contributed by atoms with E-state index in [1.165, 1.54) is 23.5 Å². The monoisotopic (exact) mass is 548 g/mol. The molecule has 0 spiro atoms. The highest BCUT2D eigenvalue weighted by molar-refractivity contribution is 8.00. The zero-order valence-corrected chi connectivity index (χ0v) is 22.6. The van der Waals surface area contributed by atoms with Crippen molar-refractivity contribution in [2.45, 2.75) is 21.9 Å². The minimum absolute atomic E-state index is 0.0794. The molecule has 0 aliphatic heterocycles. The smallest absolute Gasteiger partial charge is 0.234 e. The fourth-order valence-corrected chi connectivity index (χ4v) is 5.12. The quantitative estimate of drug-likeness (QED) is 0.339. The number of aromatic nitrogens is 2. The number of hydrogen-bond acceptors (Lipinski definition) is 8. The van der Waals surface area contributed by atoms with Gasteiger partial charge in [0.05, 0.1) is 36.4 Å². The Morgan fingerprint density at radius 2 is 1.53 bits per heavy atom. The van der Waals surface area contributed by atoms with E-state index in [4.69, 9.17) is 9.47 Å². The summed E-state index contributed by atoms with van der Waals surface area (Å²) in [4.78, 5) is 35.0. The van der Waals surface area contributed by atoms with Crippen molar-refractivity contribution in [3.8, 4) is 5.75 Å². The number of amides is 2. The van der Waals surface area contributed by atoms with E-state index >= 15 is 0 Å². The molecule has 8 nitrogen and oxygen atoms in total. The maximum Gasteiger partial charge on any atom is 0.234 e. The molecule has 2 atom stereocenters. The van der Waals surface area contributed by atoms with Crippen molar-refractivity contribution in [3.05, 3.63) is 91.0 Å². The first-order valence-corrected chi connectivity index (χ1v) is 13.8. The van der Waals surface area contributed by atoms with E-state index in [0.29, 0.717) is 17.2 Å². The summed E-state index contributed by atoms with van der Waals surface area (Å²) in [5.74, 6) is 0.912. The fourth-order valence-electron chi connectivity index (χ4n) is 3.74. The van der Waals surface area contributed by atoms with Crippen LogP contribution in [0.2, 0.25) is 0 Å². The van der Waals surface area contributed by atoms with Crippen molar-refractivity contribution in [1.29, 1.82) is 0 Å². The zero-order valence-electron chi connectivity index (χ0n) is 21.0. The normalized spacial score (nSPS) is 16.4. The van der Waals surface area contributed by atoms with Crippen LogP contribution in [-0.2, 0) is 14.3 Å². The van der Waals surface area contributed by atoms with Gasteiger partial charge in [0.2, 0.25) is 11.8 Å². The van der Waals surface area contributed by atoms with E-state index in [9.17, 15) is 9.59 Å². The van der Waals surface area contributed by atoms with Crippen molar-refractivity contribution in [2.75, 3.05) is 31.0 Å². The number of ether oxygens (including phenoxy) is 2. The molecule has 196 valence electrons. The van der Waals surface area contributed by atoms with Crippen molar-refractivity contribution in [2.24, 2.45) is 0 Å². The summed E-state index contributed by atoms with van der Waals surface area (Å²) in [5, 5.41) is 5.95. The number of allylic oxidation sites excluding steroid dienone is 2. The molecule has 2 N–H and O–H groups in total. The largest absolute Gasteiger partial charge is 0.495 e. The highest BCUT2D eigenvalue weighted by Crippen LogP contribution is 2.31. The number of nitrogens with one attached hydrogen (secondary N) is 2. The predicted octanol–water partition coefficient (Wildman–Crippen LogP) is 4.46. The lowest BCUT2D eigenvalue weighted by molar-refractivity contribution is -0.119. The summed E-state index contributed by atoms with van der Waals surface area (Å²) in [6, 6.07) is 12.8. The van der Waals surface area contributed by atoms with Crippen LogP contribution >= 0.6 is 23.5 Å². The molecule has 10 heteroatoms. The van der Waals surface area contributed by atoms with Crippen molar-refractivity contribution >= 4 is 46.6 Å². The zero-order chi connectivity index (χ0) is 26.7. The van der Waals surface area contributed by atoms with Gasteiger partial charge in [-0.25, -0.2) is 0 Å². The molecule has 0 saturated carbocycles. The van der Waals surface area contributed by atoms with Crippen molar-refractivity contribution < 1.29 is 19.1 Å². The van der Waals surface area contributed by atoms with Gasteiger partial charge in [0, 0.05) is 41.7 Å². The van der Waals surface area contributed by atoms with Gasteiger partial charge in [-0.2, -0.15) is 0 Å². The Labute approximate surface area is 230 Å². The summed E-state index contributed by atoms with van der Waals surface area (Å²) >= 11 is 2.89. The third-order valence-corrected chi connectivity index (χ3v) is 7.65. The SMILES string of the molecule is COc1cc(C2=C[C@H](OC)[C@H](NC(=O)CSc3ccncc3)C=C2)ccc1NC(=O)CSc1ccncc1. The second-order valence-electron chi connectivity index (χ2n) is 8.18. The van der Waals surface area contributed by atoms with Gasteiger partial charge in [-0.15, -0.1) is 23.5 Å². The van der Waals surface area contributed by atoms with E-state index < -0.39 is 0 Å². The molecule has 0 radical (unpaired) electrons. The van der Waals surface area contributed by atoms with Gasteiger partial charge in [-0.05, 0) is 53.6 Å². The van der Waals surface area contributed by atoms with Gasteiger partial charge in [0.25, 0.3) is 0 Å². The molecule has 2 amide bonds. The first-order chi connectivity index (χ1) is 18.6. The Bertz CT molecular complexity index is 1300. The minimum atomic E-state index is -0.333. The van der Waals surface area contributed by atoms with Crippen LogP contribution < -0.4 is 15.4 Å². The number of rotatable bonds is 11. The van der Waals surface area contributed by atoms with Crippen LogP contribution in [0.3, 0.4) is 0 Å². The van der Waals surface area contributed by atoms with Crippen LogP contribution in [0, 0.1) is 0 Å². The van der Waals surface area contributed by atoms with Crippen LogP contribution in [-0.4, -0.2) is 59.7 Å². The average molecular weight is 549 g/mol. The Balaban J connectivity index is 1.36. The summed E-state index contributed by atoms with van der Waals surface area (Å²) in [6.07, 6.45) is 12.3. The lowest BCUT2D eigenvalue weighted by Gasteiger charge is -2.26. The first kappa shape index (κ1) is 27.4. The van der Waals surface area contributed by atoms with Crippen LogP contribution in [0.1, 0.15) is 5.56 Å². The standard InChI is InChI=1S/C28H28N4O4S2/c1-35-25-15-19(3-5-23(25)31-27(33)17-37-21-7-11-29-12-8-21)20-4-6-24(26(16-20)36-2)32-28(34)18-38-22-9-13-30-14-10-22/h3-16,23,25H,17-18H2,1-2H3,(H,31,33)(H,32,34)/t23-,25+/m1/s1. The number of benzene rings is 1. The summed E-state index contributed by atoms with van der Waals surface area (Å²) in [7, 11) is 3.19. The number of thioether (sulfide) groups is 2. The molecule has 38 heavy (non-hydrogen) atoms. The molecule has 2 aromatic heterocycles.